The Bertz CT molecular complexity index is 8330. The van der Waals surface area contributed by atoms with Gasteiger partial charge in [-0.15, -0.1) is 22.7 Å². The second kappa shape index (κ2) is 33.0. The minimum atomic E-state index is 0.791. The summed E-state index contributed by atoms with van der Waals surface area (Å²) in [6.07, 6.45) is 0. The van der Waals surface area contributed by atoms with Crippen LogP contribution in [0.3, 0.4) is 0 Å². The predicted molar refractivity (Wildman–Crippen MR) is 551 cm³/mol. The molecule has 20 aromatic carbocycles. The van der Waals surface area contributed by atoms with E-state index in [0.29, 0.717) is 0 Å². The molecule has 8 nitrogen and oxygen atoms in total. The van der Waals surface area contributed by atoms with Gasteiger partial charge in [0.2, 0.25) is 0 Å². The average Bonchev–Trinajstić information content (AvgIpc) is 1.58. The molecule has 4 heterocycles. The number of furan rings is 2. The van der Waals surface area contributed by atoms with E-state index in [9.17, 15) is 0 Å². The molecular formula is C120H80N6O2S2. The Hall–Kier alpha value is -16.8. The van der Waals surface area contributed by atoms with Crippen LogP contribution in [-0.4, -0.2) is 0 Å². The van der Waals surface area contributed by atoms with Crippen molar-refractivity contribution in [1.29, 1.82) is 0 Å². The monoisotopic (exact) mass is 1700 g/mol. The number of fused-ring (bicyclic) bond motifs is 12. The van der Waals surface area contributed by atoms with Crippen molar-refractivity contribution in [2.24, 2.45) is 0 Å². The highest BCUT2D eigenvalue weighted by Gasteiger charge is 2.27. The first-order valence-electron chi connectivity index (χ1n) is 43.9. The van der Waals surface area contributed by atoms with E-state index in [4.69, 9.17) is 8.83 Å². The number of hydrogen-bond donors (Lipinski definition) is 0. The number of nitrogens with zero attached hydrogens (tertiary/aromatic N) is 6. The van der Waals surface area contributed by atoms with E-state index in [1.165, 1.54) is 45.9 Å². The van der Waals surface area contributed by atoms with Crippen LogP contribution < -0.4 is 29.4 Å². The van der Waals surface area contributed by atoms with Crippen molar-refractivity contribution in [3.8, 4) is 33.4 Å². The molecule has 0 N–H and O–H groups in total. The average molecular weight is 1700 g/mol. The zero-order valence-corrected chi connectivity index (χ0v) is 72.1. The molecule has 0 spiro atoms. The molecule has 0 unspecified atom stereocenters. The van der Waals surface area contributed by atoms with Crippen molar-refractivity contribution in [3.05, 3.63) is 485 Å². The summed E-state index contributed by atoms with van der Waals surface area (Å²) >= 11 is 3.68. The Kier molecular flexibility index (Phi) is 19.5. The van der Waals surface area contributed by atoms with E-state index in [0.717, 1.165) is 174 Å². The number of benzene rings is 20. The molecular weight excluding hydrogens is 1620 g/mol. The first-order valence-corrected chi connectivity index (χ1v) is 45.5. The van der Waals surface area contributed by atoms with Gasteiger partial charge in [0.15, 0.2) is 5.58 Å². The SMILES string of the molecule is c1ccc(N(c2ccccc2)c2cccc(-c3ccc4sc5cc(-c6cccc(N(c7cccc(N(c8ccccc8)c8cccc(-c9cccc(N(c%10ccccc%10)c%10ccc%11oc%12cc(N(c%13ccccc%13)c%13cccc(N(c%14ccccc%14)c%14ccc%15sc%16ccccc%16c%15c%14)c%13)ccc%12c%11c%10)c9)c8)c7)c7cccc8c7oc7ccccc78)c6)ccc5c4c3)c2)cc1. The topological polar surface area (TPSA) is 45.7 Å². The van der Waals surface area contributed by atoms with Gasteiger partial charge in [-0.05, 0) is 276 Å². The normalized spacial score (nSPS) is 11.5. The zero-order valence-electron chi connectivity index (χ0n) is 70.5. The first kappa shape index (κ1) is 76.9. The van der Waals surface area contributed by atoms with Crippen LogP contribution in [0.1, 0.15) is 0 Å². The Balaban J connectivity index is 0.557. The first-order chi connectivity index (χ1) is 64.4. The van der Waals surface area contributed by atoms with Crippen molar-refractivity contribution < 1.29 is 8.83 Å². The van der Waals surface area contributed by atoms with Gasteiger partial charge in [-0.25, -0.2) is 0 Å². The fourth-order valence-electron chi connectivity index (χ4n) is 18.9. The molecule has 24 rings (SSSR count). The van der Waals surface area contributed by atoms with Gasteiger partial charge in [0.05, 0.1) is 5.69 Å². The summed E-state index contributed by atoms with van der Waals surface area (Å²) < 4.78 is 19.0. The quantitative estimate of drug-likeness (QED) is 0.0705. The van der Waals surface area contributed by atoms with E-state index in [-0.39, 0.29) is 0 Å². The molecule has 0 amide bonds. The van der Waals surface area contributed by atoms with E-state index < -0.39 is 0 Å². The molecule has 0 bridgehead atoms. The van der Waals surface area contributed by atoms with Crippen LogP contribution in [0.25, 0.3) is 118 Å². The smallest absolute Gasteiger partial charge is 0.159 e. The lowest BCUT2D eigenvalue weighted by Crippen LogP contribution is -2.13. The van der Waals surface area contributed by atoms with Crippen LogP contribution in [0.2, 0.25) is 0 Å². The second-order valence-electron chi connectivity index (χ2n) is 32.8. The van der Waals surface area contributed by atoms with E-state index in [1.807, 2.05) is 28.7 Å². The number of anilines is 18. The summed E-state index contributed by atoms with van der Waals surface area (Å²) in [4.78, 5) is 14.1. The molecule has 0 saturated heterocycles. The minimum absolute atomic E-state index is 0.791. The lowest BCUT2D eigenvalue weighted by Gasteiger charge is -2.30. The molecule has 0 aliphatic heterocycles. The standard InChI is InChI=1S/C120H80N6O2S2/c1-7-34-87(35-8-1)121(88-36-9-2-10-37-88)93-46-25-32-83(72-93)85-61-68-117-110(74-85)107-65-60-86(75-119(107)130-117)84-33-26-49-96(73-84)126(112-57-29-56-108-104-54-19-21-58-113(104)128-120(108)112)100-53-28-52-99(77-100)122(89-38-11-3-12-39-89)94-47-23-30-81(70-94)82-31-24-48-95(71-82)123(90-40-13-4-14-41-90)101-63-67-114-109(78-101)105-66-62-103(80-115(105)127-114)125(92-44-17-6-18-45-92)98-51-27-50-97(76-98)124(91-42-15-5-16-43-91)102-64-69-118-111(79-102)106-55-20-22-59-116(106)129-118/h1-80H. The number of thiophene rings is 2. The predicted octanol–water partition coefficient (Wildman–Crippen LogP) is 36.0. The fourth-order valence-corrected chi connectivity index (χ4v) is 21.1. The molecule has 614 valence electrons. The van der Waals surface area contributed by atoms with Gasteiger partial charge >= 0.3 is 0 Å². The molecule has 0 radical (unpaired) electrons. The van der Waals surface area contributed by atoms with Gasteiger partial charge in [-0.3, -0.25) is 0 Å². The Morgan fingerprint density at radius 3 is 0.954 bits per heavy atom. The lowest BCUT2D eigenvalue weighted by atomic mass is 10.00. The summed E-state index contributed by atoms with van der Waals surface area (Å²) in [5.74, 6) is 0. The summed E-state index contributed by atoms with van der Waals surface area (Å²) in [6.45, 7) is 0. The summed E-state index contributed by atoms with van der Waals surface area (Å²) in [5.41, 5.74) is 28.4. The summed E-state index contributed by atoms with van der Waals surface area (Å²) in [6, 6.07) is 175. The van der Waals surface area contributed by atoms with Gasteiger partial charge in [-0.2, -0.15) is 0 Å². The molecule has 0 fully saturated rings. The third-order valence-electron chi connectivity index (χ3n) is 24.9. The largest absolute Gasteiger partial charge is 0.456 e. The second-order valence-corrected chi connectivity index (χ2v) is 35.0. The third kappa shape index (κ3) is 14.2. The van der Waals surface area contributed by atoms with Gasteiger partial charge in [0, 0.05) is 165 Å². The van der Waals surface area contributed by atoms with Crippen LogP contribution in [0.15, 0.2) is 494 Å². The van der Waals surface area contributed by atoms with Crippen LogP contribution in [0.5, 0.6) is 0 Å². The van der Waals surface area contributed by atoms with Crippen LogP contribution in [-0.2, 0) is 0 Å². The molecule has 0 aliphatic rings. The highest BCUT2D eigenvalue weighted by Crippen LogP contribution is 2.51. The van der Waals surface area contributed by atoms with Gasteiger partial charge in [0.1, 0.15) is 16.7 Å². The van der Waals surface area contributed by atoms with Gasteiger partial charge in [0.25, 0.3) is 0 Å². The zero-order chi connectivity index (χ0) is 86.0. The number of hydrogen-bond acceptors (Lipinski definition) is 10. The third-order valence-corrected chi connectivity index (χ3v) is 27.2. The van der Waals surface area contributed by atoms with Gasteiger partial charge < -0.3 is 38.2 Å². The van der Waals surface area contributed by atoms with Gasteiger partial charge in [-0.1, -0.05) is 237 Å². The molecule has 24 aromatic rings. The molecule has 10 heteroatoms. The lowest BCUT2D eigenvalue weighted by molar-refractivity contribution is 0.668. The van der Waals surface area contributed by atoms with Crippen molar-refractivity contribution in [2.45, 2.75) is 0 Å². The minimum Gasteiger partial charge on any atom is -0.456 e. The van der Waals surface area contributed by atoms with E-state index >= 15 is 0 Å². The Morgan fingerprint density at radius 2 is 0.438 bits per heavy atom. The van der Waals surface area contributed by atoms with Crippen molar-refractivity contribution >= 4 is 209 Å². The van der Waals surface area contributed by atoms with Crippen molar-refractivity contribution in [2.75, 3.05) is 29.4 Å². The summed E-state index contributed by atoms with van der Waals surface area (Å²) in [7, 11) is 0. The maximum Gasteiger partial charge on any atom is 0.159 e. The molecule has 0 aliphatic carbocycles. The number of rotatable bonds is 21. The van der Waals surface area contributed by atoms with E-state index in [1.54, 1.807) is 0 Å². The Morgan fingerprint density at radius 1 is 0.138 bits per heavy atom. The molecule has 4 aromatic heterocycles. The van der Waals surface area contributed by atoms with Crippen LogP contribution >= 0.6 is 22.7 Å². The Labute approximate surface area is 760 Å². The summed E-state index contributed by atoms with van der Waals surface area (Å²) in [5, 5.41) is 9.16. The maximum absolute atomic E-state index is 6.97. The highest BCUT2D eigenvalue weighted by molar-refractivity contribution is 7.26. The highest BCUT2D eigenvalue weighted by atomic mass is 32.1. The molecule has 130 heavy (non-hydrogen) atoms. The van der Waals surface area contributed by atoms with E-state index in [2.05, 4.69) is 509 Å². The van der Waals surface area contributed by atoms with Crippen molar-refractivity contribution in [1.82, 2.24) is 0 Å². The van der Waals surface area contributed by atoms with Crippen molar-refractivity contribution in [3.63, 3.8) is 0 Å². The molecule has 0 saturated carbocycles. The number of para-hydroxylation sites is 8. The molecule has 0 atom stereocenters. The van der Waals surface area contributed by atoms with Crippen LogP contribution in [0.4, 0.5) is 102 Å². The van der Waals surface area contributed by atoms with Crippen LogP contribution in [0, 0.1) is 0 Å². The maximum atomic E-state index is 6.97. The fraction of sp³-hybridized carbons (Fsp3) is 0.